The highest BCUT2D eigenvalue weighted by Crippen LogP contribution is 1.92. The molecule has 0 fully saturated rings. The molecular formula is C6H13NO2. The van der Waals surface area contributed by atoms with Gasteiger partial charge in [0.25, 0.3) is 5.91 Å². The fourth-order valence-electron chi connectivity index (χ4n) is 0.473. The quantitative estimate of drug-likeness (QED) is 0.566. The van der Waals surface area contributed by atoms with E-state index in [0.717, 1.165) is 0 Å². The summed E-state index contributed by atoms with van der Waals surface area (Å²) in [7, 11) is 3.25. The largest absolute Gasteiger partial charge is 0.383 e. The number of amides is 1. The second kappa shape index (κ2) is 3.45. The van der Waals surface area contributed by atoms with Crippen molar-refractivity contribution in [3.63, 3.8) is 0 Å². The summed E-state index contributed by atoms with van der Waals surface area (Å²) in [6, 6.07) is 0. The number of rotatable bonds is 2. The Morgan fingerprint density at radius 2 is 2.11 bits per heavy atom. The molecule has 0 radical (unpaired) electrons. The molecule has 0 aromatic heterocycles. The van der Waals surface area contributed by atoms with Gasteiger partial charge in [0.05, 0.1) is 0 Å². The van der Waals surface area contributed by atoms with Crippen LogP contribution in [-0.4, -0.2) is 36.1 Å². The molecule has 0 aliphatic heterocycles. The summed E-state index contributed by atoms with van der Waals surface area (Å²) in [5.41, 5.74) is 0. The number of hydrogen-bond acceptors (Lipinski definition) is 2. The Bertz CT molecular complexity index is 101. The summed E-state index contributed by atoms with van der Waals surface area (Å²) in [6.07, 6.45) is -0.336. The van der Waals surface area contributed by atoms with Gasteiger partial charge >= 0.3 is 0 Å². The molecule has 0 spiro atoms. The van der Waals surface area contributed by atoms with Crippen molar-refractivity contribution in [1.29, 1.82) is 0 Å². The van der Waals surface area contributed by atoms with Gasteiger partial charge in [-0.05, 0) is 6.42 Å². The average Bonchev–Trinajstić information content (AvgIpc) is 1.84. The predicted octanol–water partition coefficient (Wildman–Crippen LogP) is -0.155. The molecule has 0 aliphatic carbocycles. The zero-order valence-electron chi connectivity index (χ0n) is 6.09. The van der Waals surface area contributed by atoms with E-state index in [0.29, 0.717) is 6.42 Å². The van der Waals surface area contributed by atoms with Gasteiger partial charge in [0.2, 0.25) is 0 Å². The number of hydrogen-bond donors (Lipinski definition) is 1. The molecule has 1 atom stereocenters. The zero-order valence-corrected chi connectivity index (χ0v) is 6.09. The van der Waals surface area contributed by atoms with E-state index < -0.39 is 6.10 Å². The second-order valence-corrected chi connectivity index (χ2v) is 2.16. The lowest BCUT2D eigenvalue weighted by Gasteiger charge is -2.13. The van der Waals surface area contributed by atoms with E-state index in [1.807, 2.05) is 0 Å². The maximum absolute atomic E-state index is 10.7. The fraction of sp³-hybridized carbons (Fsp3) is 0.833. The molecule has 0 rings (SSSR count). The summed E-state index contributed by atoms with van der Waals surface area (Å²) < 4.78 is 0. The van der Waals surface area contributed by atoms with Crippen LogP contribution in [-0.2, 0) is 4.79 Å². The first-order valence-electron chi connectivity index (χ1n) is 2.98. The molecule has 0 aliphatic rings. The first-order chi connectivity index (χ1) is 4.09. The molecule has 0 bridgehead atoms. The van der Waals surface area contributed by atoms with Crippen LogP contribution in [0.4, 0.5) is 0 Å². The van der Waals surface area contributed by atoms with Crippen molar-refractivity contribution in [2.45, 2.75) is 19.4 Å². The van der Waals surface area contributed by atoms with Crippen molar-refractivity contribution in [2.24, 2.45) is 0 Å². The molecule has 0 aromatic rings. The number of likely N-dealkylation sites (N-methyl/N-ethyl adjacent to an activating group) is 1. The van der Waals surface area contributed by atoms with Crippen molar-refractivity contribution in [2.75, 3.05) is 14.1 Å². The van der Waals surface area contributed by atoms with Crippen molar-refractivity contribution in [3.8, 4) is 0 Å². The molecule has 0 saturated heterocycles. The molecule has 9 heavy (non-hydrogen) atoms. The molecule has 3 nitrogen and oxygen atoms in total. The first kappa shape index (κ1) is 8.43. The normalized spacial score (nSPS) is 12.9. The highest BCUT2D eigenvalue weighted by molar-refractivity contribution is 5.79. The van der Waals surface area contributed by atoms with Crippen LogP contribution in [0.1, 0.15) is 13.3 Å². The zero-order chi connectivity index (χ0) is 7.44. The van der Waals surface area contributed by atoms with Gasteiger partial charge in [-0.2, -0.15) is 0 Å². The van der Waals surface area contributed by atoms with Crippen LogP contribution in [0.15, 0.2) is 0 Å². The van der Waals surface area contributed by atoms with Gasteiger partial charge in [-0.1, -0.05) is 6.92 Å². The van der Waals surface area contributed by atoms with Crippen LogP contribution in [0.25, 0.3) is 0 Å². The summed E-state index contributed by atoms with van der Waals surface area (Å²) in [4.78, 5) is 12.1. The summed E-state index contributed by atoms with van der Waals surface area (Å²) in [5, 5.41) is 8.91. The van der Waals surface area contributed by atoms with Crippen molar-refractivity contribution >= 4 is 5.91 Å². The number of carbonyl (C=O) groups excluding carboxylic acids is 1. The lowest BCUT2D eigenvalue weighted by molar-refractivity contribution is -0.137. The summed E-state index contributed by atoms with van der Waals surface area (Å²) in [5.74, 6) is -0.225. The van der Waals surface area contributed by atoms with Gasteiger partial charge in [0, 0.05) is 14.1 Å². The van der Waals surface area contributed by atoms with E-state index in [4.69, 9.17) is 5.11 Å². The molecule has 0 heterocycles. The van der Waals surface area contributed by atoms with Crippen LogP contribution in [0.5, 0.6) is 0 Å². The SMILES string of the molecule is CCC(O)C(=O)N(C)C. The van der Waals surface area contributed by atoms with Gasteiger partial charge < -0.3 is 10.0 Å². The van der Waals surface area contributed by atoms with Crippen LogP contribution in [0.2, 0.25) is 0 Å². The topological polar surface area (TPSA) is 40.5 Å². The number of nitrogens with zero attached hydrogens (tertiary/aromatic N) is 1. The maximum Gasteiger partial charge on any atom is 0.250 e. The standard InChI is InChI=1S/C6H13NO2/c1-4-5(8)6(9)7(2)3/h5,8H,4H2,1-3H3. The molecule has 1 N–H and O–H groups in total. The maximum atomic E-state index is 10.7. The van der Waals surface area contributed by atoms with E-state index in [1.165, 1.54) is 4.90 Å². The minimum absolute atomic E-state index is 0.225. The molecule has 0 saturated carbocycles. The van der Waals surface area contributed by atoms with Crippen molar-refractivity contribution in [1.82, 2.24) is 4.90 Å². The van der Waals surface area contributed by atoms with Crippen molar-refractivity contribution < 1.29 is 9.90 Å². The minimum Gasteiger partial charge on any atom is -0.383 e. The molecule has 3 heteroatoms. The monoisotopic (exact) mass is 131 g/mol. The van der Waals surface area contributed by atoms with Crippen LogP contribution in [0.3, 0.4) is 0 Å². The smallest absolute Gasteiger partial charge is 0.250 e. The number of carbonyl (C=O) groups is 1. The summed E-state index contributed by atoms with van der Waals surface area (Å²) in [6.45, 7) is 1.77. The van der Waals surface area contributed by atoms with Gasteiger partial charge in [0.15, 0.2) is 0 Å². The van der Waals surface area contributed by atoms with E-state index in [2.05, 4.69) is 0 Å². The lowest BCUT2D eigenvalue weighted by atomic mass is 10.2. The van der Waals surface area contributed by atoms with E-state index in [1.54, 1.807) is 21.0 Å². The molecule has 0 aromatic carbocycles. The molecule has 54 valence electrons. The Morgan fingerprint density at radius 3 is 2.22 bits per heavy atom. The number of aliphatic hydroxyl groups excluding tert-OH is 1. The average molecular weight is 131 g/mol. The Kier molecular flexibility index (Phi) is 3.24. The molecular weight excluding hydrogens is 118 g/mol. The Hall–Kier alpha value is -0.570. The van der Waals surface area contributed by atoms with Crippen LogP contribution in [0, 0.1) is 0 Å². The highest BCUT2D eigenvalue weighted by atomic mass is 16.3. The number of aliphatic hydroxyl groups is 1. The minimum atomic E-state index is -0.819. The van der Waals surface area contributed by atoms with Gasteiger partial charge in [-0.3, -0.25) is 4.79 Å². The third-order valence-electron chi connectivity index (χ3n) is 1.11. The van der Waals surface area contributed by atoms with Gasteiger partial charge in [-0.15, -0.1) is 0 Å². The van der Waals surface area contributed by atoms with E-state index >= 15 is 0 Å². The Morgan fingerprint density at radius 1 is 1.67 bits per heavy atom. The van der Waals surface area contributed by atoms with Gasteiger partial charge in [0.1, 0.15) is 6.10 Å². The lowest BCUT2D eigenvalue weighted by Crippen LogP contribution is -2.32. The Balaban J connectivity index is 3.73. The first-order valence-corrected chi connectivity index (χ1v) is 2.98. The van der Waals surface area contributed by atoms with Crippen LogP contribution < -0.4 is 0 Å². The summed E-state index contributed by atoms with van der Waals surface area (Å²) >= 11 is 0. The second-order valence-electron chi connectivity index (χ2n) is 2.16. The highest BCUT2D eigenvalue weighted by Gasteiger charge is 2.13. The van der Waals surface area contributed by atoms with E-state index in [9.17, 15) is 4.79 Å². The third kappa shape index (κ3) is 2.46. The Labute approximate surface area is 55.3 Å². The van der Waals surface area contributed by atoms with Gasteiger partial charge in [-0.25, -0.2) is 0 Å². The third-order valence-corrected chi connectivity index (χ3v) is 1.11. The van der Waals surface area contributed by atoms with Crippen LogP contribution >= 0.6 is 0 Å². The fourth-order valence-corrected chi connectivity index (χ4v) is 0.473. The predicted molar refractivity (Wildman–Crippen MR) is 35.0 cm³/mol. The molecule has 1 unspecified atom stereocenters. The van der Waals surface area contributed by atoms with E-state index in [-0.39, 0.29) is 5.91 Å². The molecule has 1 amide bonds. The van der Waals surface area contributed by atoms with Crippen molar-refractivity contribution in [3.05, 3.63) is 0 Å².